The average molecular weight is 432 g/mol. The maximum absolute atomic E-state index is 12.1. The summed E-state index contributed by atoms with van der Waals surface area (Å²) in [5.74, 6) is 0.411. The number of benzene rings is 3. The second-order valence-corrected chi connectivity index (χ2v) is 7.38. The highest BCUT2D eigenvalue weighted by Crippen LogP contribution is 2.35. The van der Waals surface area contributed by atoms with Crippen molar-refractivity contribution in [3.8, 4) is 16.9 Å². The number of rotatable bonds is 4. The summed E-state index contributed by atoms with van der Waals surface area (Å²) in [4.78, 5) is 12.1. The van der Waals surface area contributed by atoms with E-state index in [0.29, 0.717) is 26.4 Å². The van der Waals surface area contributed by atoms with Gasteiger partial charge in [-0.1, -0.05) is 71.2 Å². The molecule has 0 saturated carbocycles. The van der Waals surface area contributed by atoms with Crippen molar-refractivity contribution >= 4 is 45.8 Å². The Balaban J connectivity index is 1.72. The summed E-state index contributed by atoms with van der Waals surface area (Å²) >= 11 is 18.4. The number of hydrogen-bond acceptors (Lipinski definition) is 3. The lowest BCUT2D eigenvalue weighted by Crippen LogP contribution is -2.00. The van der Waals surface area contributed by atoms with Crippen molar-refractivity contribution in [3.05, 3.63) is 97.8 Å². The third-order valence-electron chi connectivity index (χ3n) is 4.26. The van der Waals surface area contributed by atoms with E-state index in [9.17, 15) is 4.79 Å². The van der Waals surface area contributed by atoms with Crippen LogP contribution in [0.1, 0.15) is 5.56 Å². The second-order valence-electron chi connectivity index (χ2n) is 6.16. The third-order valence-corrected chi connectivity index (χ3v) is 5.29. The molecular weight excluding hydrogens is 419 g/mol. The molecule has 0 aliphatic carbocycles. The zero-order chi connectivity index (χ0) is 19.7. The Kier molecular flexibility index (Phi) is 5.31. The number of fused-ring (bicyclic) bond motifs is 1. The fraction of sp³-hybridized carbons (Fsp3) is 0.0455. The van der Waals surface area contributed by atoms with E-state index in [1.807, 2.05) is 36.4 Å². The molecule has 3 aromatic carbocycles. The summed E-state index contributed by atoms with van der Waals surface area (Å²) < 4.78 is 11.2. The van der Waals surface area contributed by atoms with Crippen LogP contribution in [0.15, 0.2) is 75.9 Å². The Morgan fingerprint density at radius 2 is 1.61 bits per heavy atom. The second kappa shape index (κ2) is 7.88. The fourth-order valence-corrected chi connectivity index (χ4v) is 3.46. The summed E-state index contributed by atoms with van der Waals surface area (Å²) in [7, 11) is 0. The van der Waals surface area contributed by atoms with Gasteiger partial charge in [-0.3, -0.25) is 0 Å². The molecule has 0 atom stereocenters. The molecule has 3 nitrogen and oxygen atoms in total. The first-order chi connectivity index (χ1) is 13.5. The van der Waals surface area contributed by atoms with E-state index < -0.39 is 5.63 Å². The van der Waals surface area contributed by atoms with Gasteiger partial charge in [0.2, 0.25) is 0 Å². The van der Waals surface area contributed by atoms with Gasteiger partial charge < -0.3 is 9.15 Å². The van der Waals surface area contributed by atoms with Crippen LogP contribution >= 0.6 is 34.8 Å². The molecule has 0 radical (unpaired) electrons. The minimum atomic E-state index is -0.441. The first-order valence-corrected chi connectivity index (χ1v) is 9.54. The Bertz CT molecular complexity index is 1220. The molecule has 4 aromatic rings. The van der Waals surface area contributed by atoms with Crippen LogP contribution in [0, 0.1) is 0 Å². The maximum atomic E-state index is 12.1. The minimum absolute atomic E-state index is 0.241. The molecule has 0 fully saturated rings. The minimum Gasteiger partial charge on any atom is -0.487 e. The smallest absolute Gasteiger partial charge is 0.336 e. The number of halogens is 3. The Hall–Kier alpha value is -2.46. The van der Waals surface area contributed by atoms with Crippen molar-refractivity contribution in [2.75, 3.05) is 0 Å². The van der Waals surface area contributed by atoms with Crippen LogP contribution in [-0.4, -0.2) is 0 Å². The zero-order valence-electron chi connectivity index (χ0n) is 14.4. The Morgan fingerprint density at radius 3 is 2.36 bits per heavy atom. The van der Waals surface area contributed by atoms with E-state index in [0.717, 1.165) is 22.1 Å². The van der Waals surface area contributed by atoms with Crippen LogP contribution in [0.4, 0.5) is 0 Å². The van der Waals surface area contributed by atoms with Crippen molar-refractivity contribution < 1.29 is 9.15 Å². The summed E-state index contributed by atoms with van der Waals surface area (Å²) in [5, 5.41) is 2.08. The molecule has 0 aliphatic rings. The molecule has 0 N–H and O–H groups in total. The van der Waals surface area contributed by atoms with Gasteiger partial charge >= 0.3 is 5.63 Å². The molecule has 0 amide bonds. The van der Waals surface area contributed by atoms with Crippen molar-refractivity contribution in [3.63, 3.8) is 0 Å². The molecule has 0 aliphatic heterocycles. The van der Waals surface area contributed by atoms with Gasteiger partial charge in [0.1, 0.15) is 17.9 Å². The predicted octanol–water partition coefficient (Wildman–Crippen LogP) is 7.00. The highest BCUT2D eigenvalue weighted by molar-refractivity contribution is 6.42. The molecule has 1 heterocycles. The average Bonchev–Trinajstić information content (AvgIpc) is 2.69. The highest BCUT2D eigenvalue weighted by atomic mass is 35.5. The standard InChI is InChI=1S/C22H13Cl3O3/c23-17-7-6-13(8-18(17)24)12-27-21-11-20-16(9-19(21)25)15(10-22(26)28-20)14-4-2-1-3-5-14/h1-11H,12H2. The lowest BCUT2D eigenvalue weighted by Gasteiger charge is -2.11. The van der Waals surface area contributed by atoms with Crippen LogP contribution in [0.3, 0.4) is 0 Å². The monoisotopic (exact) mass is 430 g/mol. The molecule has 140 valence electrons. The highest BCUT2D eigenvalue weighted by Gasteiger charge is 2.13. The molecule has 0 saturated heterocycles. The van der Waals surface area contributed by atoms with Crippen molar-refractivity contribution in [2.45, 2.75) is 6.61 Å². The summed E-state index contributed by atoms with van der Waals surface area (Å²) in [6.45, 7) is 0.241. The molecule has 4 rings (SSSR count). The summed E-state index contributed by atoms with van der Waals surface area (Å²) in [6, 6.07) is 19.7. The van der Waals surface area contributed by atoms with Gasteiger partial charge in [-0.2, -0.15) is 0 Å². The molecule has 0 unspecified atom stereocenters. The molecule has 28 heavy (non-hydrogen) atoms. The van der Waals surface area contributed by atoms with E-state index in [2.05, 4.69) is 0 Å². The topological polar surface area (TPSA) is 39.4 Å². The van der Waals surface area contributed by atoms with Gasteiger partial charge in [0.05, 0.1) is 15.1 Å². The molecular formula is C22H13Cl3O3. The first kappa shape index (κ1) is 18.9. The Labute approximate surface area is 176 Å². The van der Waals surface area contributed by atoms with Crippen molar-refractivity contribution in [2.24, 2.45) is 0 Å². The van der Waals surface area contributed by atoms with Crippen LogP contribution in [0.5, 0.6) is 5.75 Å². The Morgan fingerprint density at radius 1 is 0.821 bits per heavy atom. The van der Waals surface area contributed by atoms with Crippen molar-refractivity contribution in [1.82, 2.24) is 0 Å². The van der Waals surface area contributed by atoms with E-state index in [1.165, 1.54) is 6.07 Å². The lowest BCUT2D eigenvalue weighted by atomic mass is 10.0. The van der Waals surface area contributed by atoms with Crippen LogP contribution < -0.4 is 10.4 Å². The molecule has 0 bridgehead atoms. The van der Waals surface area contributed by atoms with Gasteiger partial charge in [0.25, 0.3) is 0 Å². The largest absolute Gasteiger partial charge is 0.487 e. The zero-order valence-corrected chi connectivity index (χ0v) is 16.7. The molecule has 6 heteroatoms. The van der Waals surface area contributed by atoms with E-state index in [-0.39, 0.29) is 6.61 Å². The summed E-state index contributed by atoms with van der Waals surface area (Å²) in [6.07, 6.45) is 0. The van der Waals surface area contributed by atoms with Gasteiger partial charge in [-0.15, -0.1) is 0 Å². The van der Waals surface area contributed by atoms with E-state index >= 15 is 0 Å². The van der Waals surface area contributed by atoms with Crippen molar-refractivity contribution in [1.29, 1.82) is 0 Å². The van der Waals surface area contributed by atoms with Crippen LogP contribution in [0.2, 0.25) is 15.1 Å². The van der Waals surface area contributed by atoms with E-state index in [4.69, 9.17) is 44.0 Å². The predicted molar refractivity (Wildman–Crippen MR) is 114 cm³/mol. The van der Waals surface area contributed by atoms with Crippen LogP contribution in [-0.2, 0) is 6.61 Å². The summed E-state index contributed by atoms with van der Waals surface area (Å²) in [5.41, 5.74) is 2.46. The first-order valence-electron chi connectivity index (χ1n) is 8.41. The van der Waals surface area contributed by atoms with E-state index in [1.54, 1.807) is 24.3 Å². The quantitative estimate of drug-likeness (QED) is 0.327. The van der Waals surface area contributed by atoms with Crippen LogP contribution in [0.25, 0.3) is 22.1 Å². The SMILES string of the molecule is O=c1cc(-c2ccccc2)c2cc(Cl)c(OCc3ccc(Cl)c(Cl)c3)cc2o1. The van der Waals surface area contributed by atoms with Gasteiger partial charge in [0.15, 0.2) is 0 Å². The third kappa shape index (κ3) is 3.88. The molecule has 0 spiro atoms. The maximum Gasteiger partial charge on any atom is 0.336 e. The molecule has 1 aromatic heterocycles. The van der Waals surface area contributed by atoms with Gasteiger partial charge in [-0.05, 0) is 34.9 Å². The van der Waals surface area contributed by atoms with Gasteiger partial charge in [-0.25, -0.2) is 4.79 Å². The normalized spacial score (nSPS) is 11.0. The fourth-order valence-electron chi connectivity index (χ4n) is 2.92. The number of ether oxygens (including phenoxy) is 1. The lowest BCUT2D eigenvalue weighted by molar-refractivity contribution is 0.306. The number of hydrogen-bond donors (Lipinski definition) is 0. The van der Waals surface area contributed by atoms with Gasteiger partial charge in [0, 0.05) is 17.5 Å².